The van der Waals surface area contributed by atoms with Gasteiger partial charge in [-0.1, -0.05) is 36.9 Å². The molecule has 1 fully saturated rings. The number of nitrogens with zero attached hydrogens (tertiary/aromatic N) is 4. The number of para-hydroxylation sites is 1. The first-order valence-corrected chi connectivity index (χ1v) is 13.1. The van der Waals surface area contributed by atoms with Crippen LogP contribution in [-0.4, -0.2) is 70.3 Å². The first-order chi connectivity index (χ1) is 18.9. The van der Waals surface area contributed by atoms with E-state index in [1.807, 2.05) is 54.4 Å². The molecule has 4 aromatic rings. The summed E-state index contributed by atoms with van der Waals surface area (Å²) < 4.78 is 0. The summed E-state index contributed by atoms with van der Waals surface area (Å²) in [5.41, 5.74) is 4.08. The van der Waals surface area contributed by atoms with Crippen LogP contribution in [0.25, 0.3) is 22.2 Å². The van der Waals surface area contributed by atoms with Crippen LogP contribution in [0, 0.1) is 12.7 Å². The Morgan fingerprint density at radius 2 is 1.98 bits per heavy atom. The maximum Gasteiger partial charge on any atom is 2.00 e. The van der Waals surface area contributed by atoms with Crippen LogP contribution >= 0.6 is 11.6 Å². The Bertz CT molecular complexity index is 1430. The number of amides is 2. The summed E-state index contributed by atoms with van der Waals surface area (Å²) in [5.74, 6) is -0.124. The minimum Gasteiger partial charge on any atom is -0.373 e. The van der Waals surface area contributed by atoms with Crippen LogP contribution in [0.3, 0.4) is 0 Å². The average molecular weight is 598 g/mol. The van der Waals surface area contributed by atoms with Crippen molar-refractivity contribution < 1.29 is 26.7 Å². The van der Waals surface area contributed by atoms with Crippen molar-refractivity contribution in [2.45, 2.75) is 12.8 Å². The van der Waals surface area contributed by atoms with Crippen molar-refractivity contribution in [2.75, 3.05) is 39.0 Å². The van der Waals surface area contributed by atoms with E-state index in [9.17, 15) is 9.59 Å². The van der Waals surface area contributed by atoms with Gasteiger partial charge in [-0.25, -0.2) is 0 Å². The van der Waals surface area contributed by atoms with Gasteiger partial charge in [-0.2, -0.15) is 6.42 Å². The number of hydrogen-bond acceptors (Lipinski definition) is 5. The number of piperidine rings is 1. The van der Waals surface area contributed by atoms with Gasteiger partial charge in [0.1, 0.15) is 0 Å². The number of aromatic nitrogens is 3. The zero-order valence-corrected chi connectivity index (χ0v) is 24.3. The van der Waals surface area contributed by atoms with Crippen molar-refractivity contribution >= 4 is 40.0 Å². The number of carbonyl (C=O) groups excluding carboxylic acids is 2. The van der Waals surface area contributed by atoms with E-state index >= 15 is 0 Å². The first kappa shape index (κ1) is 31.0. The molecule has 0 bridgehead atoms. The molecule has 0 saturated carbocycles. The Kier molecular flexibility index (Phi) is 11.9. The number of anilines is 1. The zero-order valence-electron chi connectivity index (χ0n) is 22.4. The molecule has 1 aliphatic rings. The Morgan fingerprint density at radius 1 is 1.20 bits per heavy atom. The van der Waals surface area contributed by atoms with Crippen LogP contribution in [0.5, 0.6) is 0 Å². The number of halogens is 1. The van der Waals surface area contributed by atoms with Gasteiger partial charge in [0, 0.05) is 42.3 Å². The number of benzene rings is 2. The maximum atomic E-state index is 12.3. The van der Waals surface area contributed by atoms with Crippen molar-refractivity contribution in [3.8, 4) is 11.3 Å². The second-order valence-electron chi connectivity index (χ2n) is 9.33. The van der Waals surface area contributed by atoms with Gasteiger partial charge in [0.15, 0.2) is 0 Å². The molecule has 1 saturated heterocycles. The molecule has 0 spiro atoms. The summed E-state index contributed by atoms with van der Waals surface area (Å²) in [6.45, 7) is 2.24. The van der Waals surface area contributed by atoms with E-state index in [2.05, 4.69) is 33.0 Å². The van der Waals surface area contributed by atoms with Crippen molar-refractivity contribution in [1.82, 2.24) is 24.8 Å². The topological polar surface area (TPSA) is 94.2 Å². The van der Waals surface area contributed by atoms with Gasteiger partial charge in [0.05, 0.1) is 0 Å². The number of nitrogens with one attached hydrogen (secondary N) is 2. The minimum absolute atomic E-state index is 0. The molecule has 1 radical (unpaired) electrons. The summed E-state index contributed by atoms with van der Waals surface area (Å²) in [6, 6.07) is 15.1. The van der Waals surface area contributed by atoms with E-state index in [1.54, 1.807) is 36.5 Å². The van der Waals surface area contributed by atoms with Crippen LogP contribution in [0.1, 0.15) is 23.2 Å². The Morgan fingerprint density at radius 3 is 2.67 bits per heavy atom. The van der Waals surface area contributed by atoms with Gasteiger partial charge in [0.25, 0.3) is 5.91 Å². The molecular formula is C30H31ClMnN6O2. The van der Waals surface area contributed by atoms with Crippen molar-refractivity contribution in [3.05, 3.63) is 96.4 Å². The molecule has 2 N–H and O–H groups in total. The van der Waals surface area contributed by atoms with E-state index in [4.69, 9.17) is 11.6 Å². The zero-order chi connectivity index (χ0) is 27.6. The van der Waals surface area contributed by atoms with Crippen molar-refractivity contribution in [2.24, 2.45) is 0 Å². The third-order valence-electron chi connectivity index (χ3n) is 6.08. The largest absolute Gasteiger partial charge is 2.00 e. The molecule has 2 amide bonds. The maximum absolute atomic E-state index is 12.3. The molecule has 8 nitrogen and oxygen atoms in total. The number of aromatic amines is 1. The third-order valence-corrected chi connectivity index (χ3v) is 6.36. The molecule has 207 valence electrons. The fraction of sp³-hybridized carbons (Fsp3) is 0.233. The first-order valence-electron chi connectivity index (χ1n) is 12.7. The average Bonchev–Trinajstić information content (AvgIpc) is 3.38. The molecule has 3 heterocycles. The number of carbonyl (C=O) groups is 2. The van der Waals surface area contributed by atoms with E-state index < -0.39 is 0 Å². The number of fused-ring (bicyclic) bond motifs is 1. The second kappa shape index (κ2) is 15.3. The SMILES string of the molecule is CN(C)C/C=C/C(=O)Nc1ccc(C(=O)N2C[CH-]CCC2)cc1.Clc1cn[c-]nc1-c1c[nH]c2ccccc12.[Mn+2]. The van der Waals surface area contributed by atoms with Crippen LogP contribution in [0.15, 0.2) is 73.1 Å². The predicted molar refractivity (Wildman–Crippen MR) is 155 cm³/mol. The molecule has 0 aliphatic carbocycles. The number of H-pyrrole nitrogens is 1. The fourth-order valence-electron chi connectivity index (χ4n) is 4.12. The Balaban J connectivity index is 0.000000227. The number of rotatable bonds is 6. The van der Waals surface area contributed by atoms with E-state index in [0.717, 1.165) is 35.9 Å². The van der Waals surface area contributed by atoms with Crippen LogP contribution < -0.4 is 5.32 Å². The van der Waals surface area contributed by atoms with Gasteiger partial charge in [-0.15, -0.1) is 18.1 Å². The Hall–Kier alpha value is -3.49. The molecule has 0 atom stereocenters. The predicted octanol–water partition coefficient (Wildman–Crippen LogP) is 5.26. The molecule has 10 heteroatoms. The number of hydrogen-bond donors (Lipinski definition) is 2. The van der Waals surface area contributed by atoms with Gasteiger partial charge >= 0.3 is 17.1 Å². The third kappa shape index (κ3) is 8.50. The number of likely N-dealkylation sites (tertiary alicyclic amines) is 1. The smallest absolute Gasteiger partial charge is 0.373 e. The standard InChI is InChI=1S/C18H24N3O2.C12H7ClN3.Mn/c1-20(2)12-6-7-17(22)19-16-10-8-15(9-11-16)18(23)21-13-4-3-5-14-21;13-10-6-14-7-16-12(10)9-5-15-11-4-2-1-3-8(9)11;/h4,6-11H,3,5,12-14H2,1-2H3,(H,19,22);1-6,15H;/q2*-1;+2/b7-6+;;. The molecule has 2 aromatic heterocycles. The molecule has 1 aliphatic heterocycles. The minimum atomic E-state index is -0.170. The monoisotopic (exact) mass is 597 g/mol. The van der Waals surface area contributed by atoms with E-state index in [-0.39, 0.29) is 28.9 Å². The second-order valence-corrected chi connectivity index (χ2v) is 9.73. The summed E-state index contributed by atoms with van der Waals surface area (Å²) in [5, 5.41) is 4.41. The molecular weight excluding hydrogens is 567 g/mol. The molecule has 0 unspecified atom stereocenters. The van der Waals surface area contributed by atoms with Gasteiger partial charge < -0.3 is 36.5 Å². The summed E-state index contributed by atoms with van der Waals surface area (Å²) in [4.78, 5) is 38.9. The number of likely N-dealkylation sites (N-methyl/N-ethyl adjacent to an activating group) is 1. The van der Waals surface area contributed by atoms with Gasteiger partial charge in [-0.05, 0) is 72.3 Å². The Labute approximate surface area is 250 Å². The van der Waals surface area contributed by atoms with Crippen molar-refractivity contribution in [3.63, 3.8) is 0 Å². The van der Waals surface area contributed by atoms with E-state index in [0.29, 0.717) is 35.1 Å². The van der Waals surface area contributed by atoms with Gasteiger partial charge in [0.2, 0.25) is 5.91 Å². The molecule has 40 heavy (non-hydrogen) atoms. The van der Waals surface area contributed by atoms with Gasteiger partial charge in [-0.3, -0.25) is 9.59 Å². The quantitative estimate of drug-likeness (QED) is 0.180. The van der Waals surface area contributed by atoms with Crippen LogP contribution in [-0.2, 0) is 21.9 Å². The van der Waals surface area contributed by atoms with Crippen LogP contribution in [0.4, 0.5) is 5.69 Å². The van der Waals surface area contributed by atoms with E-state index in [1.165, 1.54) is 6.08 Å². The summed E-state index contributed by atoms with van der Waals surface area (Å²) >= 11 is 6.06. The molecule has 5 rings (SSSR count). The van der Waals surface area contributed by atoms with Crippen molar-refractivity contribution in [1.29, 1.82) is 0 Å². The fourth-order valence-corrected chi connectivity index (χ4v) is 4.31. The molecule has 2 aromatic carbocycles. The summed E-state index contributed by atoms with van der Waals surface area (Å²) in [7, 11) is 3.89. The normalized spacial score (nSPS) is 13.1. The summed E-state index contributed by atoms with van der Waals surface area (Å²) in [6.07, 6.45) is 13.6. The van der Waals surface area contributed by atoms with Crippen LogP contribution in [0.2, 0.25) is 5.02 Å².